The van der Waals surface area contributed by atoms with E-state index < -0.39 is 9.84 Å². The SMILES string of the molecule is O=C(c1cccc(Cn2ccnc2)c1)N1CCN(C2CCS(=O)(=O)C2)CC1. The van der Waals surface area contributed by atoms with Gasteiger partial charge in [-0.2, -0.15) is 0 Å². The fourth-order valence-electron chi connectivity index (χ4n) is 3.93. The van der Waals surface area contributed by atoms with Crippen LogP contribution in [0.5, 0.6) is 0 Å². The normalized spacial score (nSPS) is 22.8. The molecule has 2 fully saturated rings. The van der Waals surface area contributed by atoms with Crippen molar-refractivity contribution >= 4 is 15.7 Å². The number of hydrogen-bond acceptors (Lipinski definition) is 5. The van der Waals surface area contributed by atoms with Crippen molar-refractivity contribution in [3.63, 3.8) is 0 Å². The molecule has 1 unspecified atom stereocenters. The van der Waals surface area contributed by atoms with Crippen LogP contribution < -0.4 is 0 Å². The molecule has 0 radical (unpaired) electrons. The van der Waals surface area contributed by atoms with Crippen LogP contribution in [0.15, 0.2) is 43.0 Å². The Morgan fingerprint density at radius 3 is 2.67 bits per heavy atom. The zero-order valence-corrected chi connectivity index (χ0v) is 16.0. The molecule has 2 aliphatic rings. The summed E-state index contributed by atoms with van der Waals surface area (Å²) in [5, 5.41) is 0. The standard InChI is InChI=1S/C19H24N4O3S/c24-19(17-3-1-2-16(12-17)13-21-6-5-20-15-21)23-9-7-22(8-10-23)18-4-11-27(25,26)14-18/h1-3,5-6,12,15,18H,4,7-11,13-14H2. The van der Waals surface area contributed by atoms with Crippen LogP contribution in [-0.4, -0.2) is 77.4 Å². The Hall–Kier alpha value is -2.19. The molecule has 1 aromatic carbocycles. The Kier molecular flexibility index (Phi) is 5.01. The lowest BCUT2D eigenvalue weighted by Crippen LogP contribution is -2.52. The Morgan fingerprint density at radius 1 is 1.19 bits per heavy atom. The highest BCUT2D eigenvalue weighted by molar-refractivity contribution is 7.91. The number of carbonyl (C=O) groups excluding carboxylic acids is 1. The average Bonchev–Trinajstić information content (AvgIpc) is 3.31. The van der Waals surface area contributed by atoms with Crippen molar-refractivity contribution in [3.05, 3.63) is 54.1 Å². The maximum atomic E-state index is 12.9. The minimum absolute atomic E-state index is 0.0428. The van der Waals surface area contributed by atoms with Gasteiger partial charge in [-0.05, 0) is 24.1 Å². The monoisotopic (exact) mass is 388 g/mol. The summed E-state index contributed by atoms with van der Waals surface area (Å²) in [6.45, 7) is 3.44. The first-order chi connectivity index (χ1) is 13.0. The van der Waals surface area contributed by atoms with Crippen molar-refractivity contribution < 1.29 is 13.2 Å². The highest BCUT2D eigenvalue weighted by Gasteiger charge is 2.34. The molecule has 2 aliphatic heterocycles. The molecule has 4 rings (SSSR count). The van der Waals surface area contributed by atoms with Gasteiger partial charge in [-0.25, -0.2) is 13.4 Å². The zero-order chi connectivity index (χ0) is 18.9. The van der Waals surface area contributed by atoms with Crippen LogP contribution in [0.25, 0.3) is 0 Å². The van der Waals surface area contributed by atoms with Gasteiger partial charge in [0.1, 0.15) is 0 Å². The molecule has 27 heavy (non-hydrogen) atoms. The molecule has 1 aromatic heterocycles. The summed E-state index contributed by atoms with van der Waals surface area (Å²) in [5.41, 5.74) is 1.76. The van der Waals surface area contributed by atoms with Crippen LogP contribution in [0.4, 0.5) is 0 Å². The smallest absolute Gasteiger partial charge is 0.253 e. The first-order valence-corrected chi connectivity index (χ1v) is 11.1. The van der Waals surface area contributed by atoms with Gasteiger partial charge < -0.3 is 9.47 Å². The molecular weight excluding hydrogens is 364 g/mol. The second kappa shape index (κ2) is 7.44. The summed E-state index contributed by atoms with van der Waals surface area (Å²) < 4.78 is 25.4. The number of hydrogen-bond donors (Lipinski definition) is 0. The largest absolute Gasteiger partial charge is 0.336 e. The minimum atomic E-state index is -2.87. The van der Waals surface area contributed by atoms with E-state index in [9.17, 15) is 13.2 Å². The Balaban J connectivity index is 1.37. The van der Waals surface area contributed by atoms with Crippen molar-refractivity contribution in [2.45, 2.75) is 19.0 Å². The van der Waals surface area contributed by atoms with E-state index in [1.54, 1.807) is 12.5 Å². The van der Waals surface area contributed by atoms with Gasteiger partial charge >= 0.3 is 0 Å². The van der Waals surface area contributed by atoms with Gasteiger partial charge in [0.2, 0.25) is 0 Å². The predicted octanol–water partition coefficient (Wildman–Crippen LogP) is 0.876. The molecule has 2 aromatic rings. The Morgan fingerprint density at radius 2 is 2.00 bits per heavy atom. The maximum Gasteiger partial charge on any atom is 0.253 e. The molecule has 0 bridgehead atoms. The number of piperazine rings is 1. The molecule has 3 heterocycles. The van der Waals surface area contributed by atoms with Gasteiger partial charge in [-0.1, -0.05) is 12.1 Å². The second-order valence-corrected chi connectivity index (χ2v) is 9.55. The second-order valence-electron chi connectivity index (χ2n) is 7.32. The first kappa shape index (κ1) is 18.2. The molecule has 144 valence electrons. The van der Waals surface area contributed by atoms with Gasteiger partial charge in [-0.15, -0.1) is 0 Å². The number of nitrogens with zero attached hydrogens (tertiary/aromatic N) is 4. The van der Waals surface area contributed by atoms with E-state index in [0.29, 0.717) is 37.4 Å². The van der Waals surface area contributed by atoms with E-state index in [4.69, 9.17) is 0 Å². The number of imidazole rings is 1. The molecule has 0 saturated carbocycles. The third-order valence-corrected chi connectivity index (χ3v) is 7.17. The quantitative estimate of drug-likeness (QED) is 0.777. The number of benzene rings is 1. The molecule has 0 spiro atoms. The maximum absolute atomic E-state index is 12.9. The van der Waals surface area contributed by atoms with Crippen molar-refractivity contribution in [2.75, 3.05) is 37.7 Å². The van der Waals surface area contributed by atoms with Crippen LogP contribution in [0.3, 0.4) is 0 Å². The van der Waals surface area contributed by atoms with Gasteiger partial charge in [-0.3, -0.25) is 9.69 Å². The van der Waals surface area contributed by atoms with E-state index >= 15 is 0 Å². The first-order valence-electron chi connectivity index (χ1n) is 9.29. The Bertz CT molecular complexity index is 903. The number of sulfone groups is 1. The highest BCUT2D eigenvalue weighted by atomic mass is 32.2. The number of amides is 1. The van der Waals surface area contributed by atoms with Crippen molar-refractivity contribution in [1.29, 1.82) is 0 Å². The molecular formula is C19H24N4O3S. The predicted molar refractivity (Wildman–Crippen MR) is 102 cm³/mol. The van der Waals surface area contributed by atoms with E-state index in [1.165, 1.54) is 0 Å². The number of carbonyl (C=O) groups is 1. The van der Waals surface area contributed by atoms with Gasteiger partial charge in [0.05, 0.1) is 17.8 Å². The van der Waals surface area contributed by atoms with E-state index in [1.807, 2.05) is 39.9 Å². The fourth-order valence-corrected chi connectivity index (χ4v) is 5.69. The summed E-state index contributed by atoms with van der Waals surface area (Å²) in [6, 6.07) is 7.84. The molecule has 0 aliphatic carbocycles. The molecule has 1 amide bonds. The topological polar surface area (TPSA) is 75.5 Å². The summed E-state index contributed by atoms with van der Waals surface area (Å²) >= 11 is 0. The molecule has 8 heteroatoms. The molecule has 2 saturated heterocycles. The molecule has 0 N–H and O–H groups in total. The van der Waals surface area contributed by atoms with Crippen molar-refractivity contribution in [1.82, 2.24) is 19.4 Å². The lowest BCUT2D eigenvalue weighted by molar-refractivity contribution is 0.0587. The molecule has 7 nitrogen and oxygen atoms in total. The minimum Gasteiger partial charge on any atom is -0.336 e. The Labute approximate surface area is 159 Å². The van der Waals surface area contributed by atoms with E-state index in [2.05, 4.69) is 9.88 Å². The number of aromatic nitrogens is 2. The van der Waals surface area contributed by atoms with Crippen LogP contribution in [-0.2, 0) is 16.4 Å². The van der Waals surface area contributed by atoms with Gasteiger partial charge in [0.15, 0.2) is 9.84 Å². The van der Waals surface area contributed by atoms with Crippen LogP contribution in [0.2, 0.25) is 0 Å². The summed E-state index contributed by atoms with van der Waals surface area (Å²) in [6.07, 6.45) is 6.12. The molecule has 1 atom stereocenters. The van der Waals surface area contributed by atoms with E-state index in [-0.39, 0.29) is 17.7 Å². The lowest BCUT2D eigenvalue weighted by atomic mass is 10.1. The van der Waals surface area contributed by atoms with Crippen LogP contribution in [0, 0.1) is 0 Å². The third kappa shape index (κ3) is 4.22. The van der Waals surface area contributed by atoms with Gasteiger partial charge in [0.25, 0.3) is 5.91 Å². The van der Waals surface area contributed by atoms with Gasteiger partial charge in [0, 0.05) is 56.7 Å². The summed E-state index contributed by atoms with van der Waals surface area (Å²) in [7, 11) is -2.87. The van der Waals surface area contributed by atoms with Crippen molar-refractivity contribution in [3.8, 4) is 0 Å². The van der Waals surface area contributed by atoms with Crippen molar-refractivity contribution in [2.24, 2.45) is 0 Å². The summed E-state index contributed by atoms with van der Waals surface area (Å²) in [4.78, 5) is 21.0. The van der Waals surface area contributed by atoms with E-state index in [0.717, 1.165) is 18.7 Å². The van der Waals surface area contributed by atoms with Crippen LogP contribution >= 0.6 is 0 Å². The van der Waals surface area contributed by atoms with Crippen LogP contribution in [0.1, 0.15) is 22.3 Å². The summed E-state index contributed by atoms with van der Waals surface area (Å²) in [5.74, 6) is 0.596. The number of rotatable bonds is 4. The lowest BCUT2D eigenvalue weighted by Gasteiger charge is -2.37. The average molecular weight is 388 g/mol. The fraction of sp³-hybridized carbons (Fsp3) is 0.474. The zero-order valence-electron chi connectivity index (χ0n) is 15.2. The third-order valence-electron chi connectivity index (χ3n) is 5.42. The highest BCUT2D eigenvalue weighted by Crippen LogP contribution is 2.20.